The normalized spacial score (nSPS) is 20.9. The summed E-state index contributed by atoms with van der Waals surface area (Å²) in [7, 11) is 0. The summed E-state index contributed by atoms with van der Waals surface area (Å²) in [6, 6.07) is 6.09. The van der Waals surface area contributed by atoms with Gasteiger partial charge in [0, 0.05) is 30.7 Å². The Labute approximate surface area is 129 Å². The quantitative estimate of drug-likeness (QED) is 0.928. The molecule has 20 heavy (non-hydrogen) atoms. The molecule has 1 heterocycles. The highest BCUT2D eigenvalue weighted by molar-refractivity contribution is 6.42. The second kappa shape index (κ2) is 5.92. The largest absolute Gasteiger partial charge is 0.349 e. The monoisotopic (exact) mass is 312 g/mol. The van der Waals surface area contributed by atoms with Crippen LogP contribution in [-0.4, -0.2) is 36.0 Å². The highest BCUT2D eigenvalue weighted by atomic mass is 35.5. The molecule has 1 saturated heterocycles. The van der Waals surface area contributed by atoms with Gasteiger partial charge in [-0.15, -0.1) is 0 Å². The first-order valence-electron chi connectivity index (χ1n) is 7.13. The smallest absolute Gasteiger partial charge is 0.251 e. The molecule has 1 aliphatic heterocycles. The molecule has 2 fully saturated rings. The summed E-state index contributed by atoms with van der Waals surface area (Å²) in [5.41, 5.74) is 0.573. The molecule has 1 aromatic rings. The zero-order chi connectivity index (χ0) is 14.1. The van der Waals surface area contributed by atoms with Gasteiger partial charge in [0.2, 0.25) is 0 Å². The van der Waals surface area contributed by atoms with E-state index in [1.54, 1.807) is 18.2 Å². The molecule has 0 unspecified atom stereocenters. The van der Waals surface area contributed by atoms with Crippen LogP contribution in [-0.2, 0) is 0 Å². The van der Waals surface area contributed by atoms with Gasteiger partial charge in [-0.1, -0.05) is 23.2 Å². The summed E-state index contributed by atoms with van der Waals surface area (Å²) in [6.07, 6.45) is 4.76. The van der Waals surface area contributed by atoms with E-state index in [9.17, 15) is 4.79 Å². The minimum Gasteiger partial charge on any atom is -0.349 e. The van der Waals surface area contributed by atoms with E-state index in [2.05, 4.69) is 10.2 Å². The lowest BCUT2D eigenvalue weighted by atomic mass is 10.0. The summed E-state index contributed by atoms with van der Waals surface area (Å²) < 4.78 is 0. The van der Waals surface area contributed by atoms with E-state index < -0.39 is 0 Å². The molecule has 0 atom stereocenters. The first-order valence-corrected chi connectivity index (χ1v) is 7.89. The van der Waals surface area contributed by atoms with Crippen LogP contribution in [0, 0.1) is 0 Å². The predicted molar refractivity (Wildman–Crippen MR) is 81.5 cm³/mol. The number of halogens is 2. The number of likely N-dealkylation sites (tertiary alicyclic amines) is 1. The van der Waals surface area contributed by atoms with Gasteiger partial charge in [0.05, 0.1) is 10.0 Å². The van der Waals surface area contributed by atoms with Crippen molar-refractivity contribution in [3.05, 3.63) is 33.8 Å². The highest BCUT2D eigenvalue weighted by Gasteiger charge is 2.32. The third-order valence-corrected chi connectivity index (χ3v) is 4.85. The first kappa shape index (κ1) is 14.2. The van der Waals surface area contributed by atoms with Crippen LogP contribution < -0.4 is 5.32 Å². The van der Waals surface area contributed by atoms with E-state index in [4.69, 9.17) is 23.2 Å². The molecule has 0 radical (unpaired) electrons. The van der Waals surface area contributed by atoms with Crippen molar-refractivity contribution < 1.29 is 4.79 Å². The number of piperidine rings is 1. The summed E-state index contributed by atoms with van der Waals surface area (Å²) in [6.45, 7) is 2.19. The Hall–Kier alpha value is -0.770. The van der Waals surface area contributed by atoms with Crippen molar-refractivity contribution in [3.63, 3.8) is 0 Å². The number of carbonyl (C=O) groups is 1. The number of rotatable bonds is 3. The van der Waals surface area contributed by atoms with Gasteiger partial charge in [-0.25, -0.2) is 0 Å². The Balaban J connectivity index is 1.54. The van der Waals surface area contributed by atoms with Crippen LogP contribution in [0.5, 0.6) is 0 Å². The molecule has 0 bridgehead atoms. The van der Waals surface area contributed by atoms with Crippen LogP contribution in [0.25, 0.3) is 0 Å². The maximum absolute atomic E-state index is 12.2. The predicted octanol–water partition coefficient (Wildman–Crippen LogP) is 3.35. The number of amides is 1. The SMILES string of the molecule is O=C(NC1CCN(C2CC2)CC1)c1ccc(Cl)c(Cl)c1. The maximum atomic E-state index is 12.2. The van der Waals surface area contributed by atoms with Crippen molar-refractivity contribution >= 4 is 29.1 Å². The second-order valence-electron chi connectivity index (χ2n) is 5.64. The highest BCUT2D eigenvalue weighted by Crippen LogP contribution is 2.29. The molecule has 5 heteroatoms. The van der Waals surface area contributed by atoms with Crippen molar-refractivity contribution in [1.82, 2.24) is 10.2 Å². The Morgan fingerprint density at radius 2 is 1.80 bits per heavy atom. The van der Waals surface area contributed by atoms with E-state index in [0.29, 0.717) is 15.6 Å². The topological polar surface area (TPSA) is 32.3 Å². The summed E-state index contributed by atoms with van der Waals surface area (Å²) in [5, 5.41) is 3.99. The third kappa shape index (κ3) is 3.27. The van der Waals surface area contributed by atoms with Crippen molar-refractivity contribution in [2.24, 2.45) is 0 Å². The number of benzene rings is 1. The van der Waals surface area contributed by atoms with Crippen LogP contribution >= 0.6 is 23.2 Å². The average molecular weight is 313 g/mol. The molecule has 1 amide bonds. The Kier molecular flexibility index (Phi) is 4.20. The zero-order valence-corrected chi connectivity index (χ0v) is 12.8. The molecule has 108 valence electrons. The van der Waals surface area contributed by atoms with Crippen LogP contribution in [0.1, 0.15) is 36.0 Å². The lowest BCUT2D eigenvalue weighted by Crippen LogP contribution is -2.45. The molecule has 3 nitrogen and oxygen atoms in total. The van der Waals surface area contributed by atoms with Crippen molar-refractivity contribution in [1.29, 1.82) is 0 Å². The van der Waals surface area contributed by atoms with Crippen molar-refractivity contribution in [2.75, 3.05) is 13.1 Å². The number of hydrogen-bond acceptors (Lipinski definition) is 2. The van der Waals surface area contributed by atoms with Gasteiger partial charge in [0.15, 0.2) is 0 Å². The molecule has 0 spiro atoms. The molecular formula is C15H18Cl2N2O. The van der Waals surface area contributed by atoms with E-state index in [-0.39, 0.29) is 11.9 Å². The Morgan fingerprint density at radius 3 is 2.40 bits per heavy atom. The molecule has 1 N–H and O–H groups in total. The van der Waals surface area contributed by atoms with Crippen LogP contribution in [0.3, 0.4) is 0 Å². The van der Waals surface area contributed by atoms with Crippen molar-refractivity contribution in [3.8, 4) is 0 Å². The average Bonchev–Trinajstić information content (AvgIpc) is 3.27. The maximum Gasteiger partial charge on any atom is 0.251 e. The van der Waals surface area contributed by atoms with Gasteiger partial charge >= 0.3 is 0 Å². The van der Waals surface area contributed by atoms with E-state index >= 15 is 0 Å². The standard InChI is InChI=1S/C15H18Cl2N2O/c16-13-4-1-10(9-14(13)17)15(20)18-11-5-7-19(8-6-11)12-2-3-12/h1,4,9,11-12H,2-3,5-8H2,(H,18,20). The van der Waals surface area contributed by atoms with E-state index in [0.717, 1.165) is 32.0 Å². The van der Waals surface area contributed by atoms with Gasteiger partial charge in [-0.3, -0.25) is 4.79 Å². The molecule has 0 aromatic heterocycles. The molecule has 2 aliphatic rings. The van der Waals surface area contributed by atoms with Gasteiger partial charge in [0.1, 0.15) is 0 Å². The van der Waals surface area contributed by atoms with E-state index in [1.165, 1.54) is 12.8 Å². The minimum absolute atomic E-state index is 0.0616. The lowest BCUT2D eigenvalue weighted by molar-refractivity contribution is 0.0909. The molecule has 1 saturated carbocycles. The van der Waals surface area contributed by atoms with Gasteiger partial charge < -0.3 is 10.2 Å². The van der Waals surface area contributed by atoms with Gasteiger partial charge in [-0.05, 0) is 43.9 Å². The van der Waals surface area contributed by atoms with Gasteiger partial charge in [0.25, 0.3) is 5.91 Å². The van der Waals surface area contributed by atoms with E-state index in [1.807, 2.05) is 0 Å². The first-order chi connectivity index (χ1) is 9.63. The zero-order valence-electron chi connectivity index (χ0n) is 11.2. The molecule has 1 aliphatic carbocycles. The number of carbonyl (C=O) groups excluding carboxylic acids is 1. The fraction of sp³-hybridized carbons (Fsp3) is 0.533. The summed E-state index contributed by atoms with van der Waals surface area (Å²) >= 11 is 11.8. The molecule has 1 aromatic carbocycles. The summed E-state index contributed by atoms with van der Waals surface area (Å²) in [5.74, 6) is -0.0616. The Bertz CT molecular complexity index is 509. The number of nitrogens with zero attached hydrogens (tertiary/aromatic N) is 1. The second-order valence-corrected chi connectivity index (χ2v) is 6.46. The van der Waals surface area contributed by atoms with Crippen molar-refractivity contribution in [2.45, 2.75) is 37.8 Å². The Morgan fingerprint density at radius 1 is 1.10 bits per heavy atom. The van der Waals surface area contributed by atoms with Crippen LogP contribution in [0.2, 0.25) is 10.0 Å². The van der Waals surface area contributed by atoms with Crippen LogP contribution in [0.15, 0.2) is 18.2 Å². The summed E-state index contributed by atoms with van der Waals surface area (Å²) in [4.78, 5) is 14.7. The fourth-order valence-corrected chi connectivity index (χ4v) is 3.05. The number of hydrogen-bond donors (Lipinski definition) is 1. The lowest BCUT2D eigenvalue weighted by Gasteiger charge is -2.32. The third-order valence-electron chi connectivity index (χ3n) is 4.11. The fourth-order valence-electron chi connectivity index (χ4n) is 2.75. The molecule has 3 rings (SSSR count). The minimum atomic E-state index is -0.0616. The number of nitrogens with one attached hydrogen (secondary N) is 1. The van der Waals surface area contributed by atoms with Crippen LogP contribution in [0.4, 0.5) is 0 Å². The molecular weight excluding hydrogens is 295 g/mol. The van der Waals surface area contributed by atoms with Gasteiger partial charge in [-0.2, -0.15) is 0 Å².